The van der Waals surface area contributed by atoms with Gasteiger partial charge in [-0.05, 0) is 108 Å². The molecule has 2 fully saturated rings. The van der Waals surface area contributed by atoms with E-state index in [-0.39, 0.29) is 29.1 Å². The number of carbonyl (C=O) groups excluding carboxylic acids is 1. The van der Waals surface area contributed by atoms with Crippen LogP contribution in [0.3, 0.4) is 0 Å². The Bertz CT molecular complexity index is 1960. The number of amides is 1. The second kappa shape index (κ2) is 12.1. The van der Waals surface area contributed by atoms with Gasteiger partial charge in [0.25, 0.3) is 0 Å². The molecule has 0 saturated carbocycles. The van der Waals surface area contributed by atoms with Crippen molar-refractivity contribution in [3.05, 3.63) is 72.1 Å². The van der Waals surface area contributed by atoms with Crippen LogP contribution in [0.4, 0.5) is 15.0 Å². The van der Waals surface area contributed by atoms with E-state index in [9.17, 15) is 14.3 Å². The number of aromatic nitrogens is 5. The van der Waals surface area contributed by atoms with E-state index in [4.69, 9.17) is 15.6 Å². The molecule has 252 valence electrons. The number of carbonyl (C=O) groups is 1. The van der Waals surface area contributed by atoms with Gasteiger partial charge in [-0.25, -0.2) is 23.8 Å². The molecular weight excluding hydrogens is 611 g/mol. The van der Waals surface area contributed by atoms with Crippen LogP contribution in [0.2, 0.25) is 0 Å². The molecule has 11 nitrogen and oxygen atoms in total. The first kappa shape index (κ1) is 31.9. The van der Waals surface area contributed by atoms with Gasteiger partial charge in [0, 0.05) is 48.7 Å². The van der Waals surface area contributed by atoms with Gasteiger partial charge in [0.2, 0.25) is 0 Å². The molecule has 0 bridgehead atoms. The number of nitrogens with two attached hydrogens (primary N) is 1. The molecule has 7 rings (SSSR count). The third-order valence-corrected chi connectivity index (χ3v) is 10.1. The Balaban J connectivity index is 1.14. The summed E-state index contributed by atoms with van der Waals surface area (Å²) < 4.78 is 24.1. The Labute approximate surface area is 279 Å². The van der Waals surface area contributed by atoms with Gasteiger partial charge in [-0.3, -0.25) is 4.90 Å². The highest BCUT2D eigenvalue weighted by atomic mass is 19.1. The number of ether oxygens (including phenoxy) is 1. The molecule has 5 aromatic rings. The maximum absolute atomic E-state index is 14.4. The van der Waals surface area contributed by atoms with Gasteiger partial charge >= 0.3 is 6.09 Å². The molecule has 12 heteroatoms. The molecule has 6 heterocycles. The van der Waals surface area contributed by atoms with Gasteiger partial charge in [-0.15, -0.1) is 0 Å². The summed E-state index contributed by atoms with van der Waals surface area (Å²) in [5, 5.41) is 15.6. The lowest BCUT2D eigenvalue weighted by atomic mass is 9.71. The number of hydrogen-bond donors (Lipinski definition) is 2. The van der Waals surface area contributed by atoms with Crippen molar-refractivity contribution in [3.8, 4) is 17.0 Å². The largest absolute Gasteiger partial charge is 0.508 e. The van der Waals surface area contributed by atoms with Crippen LogP contribution in [0.25, 0.3) is 27.8 Å². The predicted molar refractivity (Wildman–Crippen MR) is 182 cm³/mol. The molecule has 1 amide bonds. The Kier molecular flexibility index (Phi) is 8.01. The molecule has 0 radical (unpaired) electrons. The van der Waals surface area contributed by atoms with Crippen molar-refractivity contribution in [2.45, 2.75) is 71.6 Å². The number of nitrogen functional groups attached to an aromatic ring is 1. The Morgan fingerprint density at radius 3 is 2.50 bits per heavy atom. The zero-order valence-electron chi connectivity index (χ0n) is 28.0. The van der Waals surface area contributed by atoms with E-state index < -0.39 is 11.4 Å². The number of hydrogen-bond acceptors (Lipinski definition) is 8. The second-order valence-corrected chi connectivity index (χ2v) is 14.4. The predicted octanol–water partition coefficient (Wildman–Crippen LogP) is 6.40. The quantitative estimate of drug-likeness (QED) is 0.223. The number of piperidine rings is 2. The molecule has 1 spiro atoms. The van der Waals surface area contributed by atoms with E-state index in [1.807, 2.05) is 42.5 Å². The van der Waals surface area contributed by atoms with E-state index in [1.165, 1.54) is 24.2 Å². The number of rotatable bonds is 5. The highest BCUT2D eigenvalue weighted by Crippen LogP contribution is 2.42. The number of pyridine rings is 1. The number of anilines is 1. The van der Waals surface area contributed by atoms with Crippen LogP contribution in [0.1, 0.15) is 70.7 Å². The molecule has 1 atom stereocenters. The van der Waals surface area contributed by atoms with Crippen molar-refractivity contribution in [2.24, 2.45) is 5.41 Å². The highest BCUT2D eigenvalue weighted by Gasteiger charge is 2.39. The SMILES string of the molecule is CC(c1cc2ccccn2c1CN1CCC2(CC1)CCN(C(=O)OC(C)(C)C)CC2)n1nc(-c2cc(O)cc(F)c2)c2c(N)ncnc21. The lowest BCUT2D eigenvalue weighted by Gasteiger charge is -2.47. The van der Waals surface area contributed by atoms with Crippen LogP contribution < -0.4 is 5.73 Å². The van der Waals surface area contributed by atoms with Crippen molar-refractivity contribution in [1.29, 1.82) is 0 Å². The van der Waals surface area contributed by atoms with Gasteiger partial charge in [-0.2, -0.15) is 5.10 Å². The van der Waals surface area contributed by atoms with Crippen molar-refractivity contribution in [3.63, 3.8) is 0 Å². The Hall–Kier alpha value is -4.71. The summed E-state index contributed by atoms with van der Waals surface area (Å²) in [6.45, 7) is 12.0. The number of aromatic hydroxyl groups is 1. The summed E-state index contributed by atoms with van der Waals surface area (Å²) in [6, 6.07) is 12.0. The summed E-state index contributed by atoms with van der Waals surface area (Å²) in [7, 11) is 0. The zero-order valence-corrected chi connectivity index (χ0v) is 28.0. The monoisotopic (exact) mass is 654 g/mol. The second-order valence-electron chi connectivity index (χ2n) is 14.4. The molecule has 0 aliphatic carbocycles. The first-order chi connectivity index (χ1) is 22.9. The maximum atomic E-state index is 14.4. The number of phenols is 1. The van der Waals surface area contributed by atoms with E-state index in [0.717, 1.165) is 75.6 Å². The first-order valence-electron chi connectivity index (χ1n) is 16.7. The topological polar surface area (TPSA) is 127 Å². The van der Waals surface area contributed by atoms with Crippen molar-refractivity contribution >= 4 is 28.5 Å². The number of likely N-dealkylation sites (tertiary alicyclic amines) is 2. The molecule has 2 aliphatic heterocycles. The first-order valence-corrected chi connectivity index (χ1v) is 16.7. The average molecular weight is 655 g/mol. The smallest absolute Gasteiger partial charge is 0.410 e. The van der Waals surface area contributed by atoms with Crippen LogP contribution in [-0.2, 0) is 11.3 Å². The molecule has 2 aliphatic rings. The fourth-order valence-corrected chi connectivity index (χ4v) is 7.43. The number of nitrogens with zero attached hydrogens (tertiary/aromatic N) is 7. The summed E-state index contributed by atoms with van der Waals surface area (Å²) in [6.07, 6.45) is 7.48. The third-order valence-electron chi connectivity index (χ3n) is 10.1. The third kappa shape index (κ3) is 6.05. The van der Waals surface area contributed by atoms with Gasteiger partial charge in [-0.1, -0.05) is 6.07 Å². The minimum Gasteiger partial charge on any atom is -0.508 e. The van der Waals surface area contributed by atoms with E-state index in [1.54, 1.807) is 0 Å². The van der Waals surface area contributed by atoms with Gasteiger partial charge in [0.15, 0.2) is 5.65 Å². The highest BCUT2D eigenvalue weighted by molar-refractivity contribution is 5.98. The number of fused-ring (bicyclic) bond motifs is 2. The molecule has 1 aromatic carbocycles. The summed E-state index contributed by atoms with van der Waals surface area (Å²) in [5.74, 6) is -0.540. The number of halogens is 1. The van der Waals surface area contributed by atoms with Crippen LogP contribution in [0, 0.1) is 11.2 Å². The maximum Gasteiger partial charge on any atom is 0.410 e. The van der Waals surface area contributed by atoms with Crippen LogP contribution in [-0.4, -0.2) is 76.9 Å². The normalized spacial score (nSPS) is 17.7. The molecule has 4 aromatic heterocycles. The lowest BCUT2D eigenvalue weighted by Crippen LogP contribution is -2.49. The van der Waals surface area contributed by atoms with E-state index in [0.29, 0.717) is 22.3 Å². The van der Waals surface area contributed by atoms with Gasteiger partial charge in [0.1, 0.15) is 35.0 Å². The minimum atomic E-state index is -0.575. The van der Waals surface area contributed by atoms with Gasteiger partial charge < -0.3 is 24.9 Å². The van der Waals surface area contributed by atoms with Crippen LogP contribution in [0.5, 0.6) is 5.75 Å². The lowest BCUT2D eigenvalue weighted by molar-refractivity contribution is -0.00327. The summed E-state index contributed by atoms with van der Waals surface area (Å²) in [5.41, 5.74) is 10.8. The molecule has 3 N–H and O–H groups in total. The molecule has 2 saturated heterocycles. The Morgan fingerprint density at radius 1 is 1.06 bits per heavy atom. The number of benzene rings is 1. The summed E-state index contributed by atoms with van der Waals surface area (Å²) >= 11 is 0. The zero-order chi connectivity index (χ0) is 33.8. The van der Waals surface area contributed by atoms with Crippen molar-refractivity contribution in [2.75, 3.05) is 31.9 Å². The molecule has 1 unspecified atom stereocenters. The van der Waals surface area contributed by atoms with Crippen LogP contribution >= 0.6 is 0 Å². The number of phenolic OH excluding ortho intramolecular Hbond substituents is 1. The van der Waals surface area contributed by atoms with Crippen LogP contribution in [0.15, 0.2) is 55.0 Å². The Morgan fingerprint density at radius 2 is 1.79 bits per heavy atom. The average Bonchev–Trinajstić information content (AvgIpc) is 3.61. The molecular formula is C36H43FN8O3. The van der Waals surface area contributed by atoms with E-state index >= 15 is 0 Å². The van der Waals surface area contributed by atoms with Gasteiger partial charge in [0.05, 0.1) is 11.4 Å². The van der Waals surface area contributed by atoms with Crippen molar-refractivity contribution < 1.29 is 19.0 Å². The fraction of sp³-hybridized carbons (Fsp3) is 0.444. The summed E-state index contributed by atoms with van der Waals surface area (Å²) in [4.78, 5) is 25.8. The fourth-order valence-electron chi connectivity index (χ4n) is 7.43. The van der Waals surface area contributed by atoms with E-state index in [2.05, 4.69) is 44.5 Å². The standard InChI is InChI=1S/C36H43FN8O3/c1-23(45-33-30(32(38)39-22-40-33)31(41-45)24-17-25(37)19-27(46)18-24)28-20-26-7-5-6-12-44(26)29(28)21-42-13-8-36(9-14-42)10-15-43(16-11-36)34(47)48-35(2,3)4/h5-7,12,17-20,22-23,46H,8-11,13-16,21H2,1-4H3,(H2,38,39,40). The molecule has 48 heavy (non-hydrogen) atoms. The van der Waals surface area contributed by atoms with Crippen molar-refractivity contribution in [1.82, 2.24) is 33.9 Å². The minimum absolute atomic E-state index is 0.200.